The van der Waals surface area contributed by atoms with Crippen molar-refractivity contribution in [3.8, 4) is 11.5 Å². The van der Waals surface area contributed by atoms with Crippen LogP contribution in [0.3, 0.4) is 0 Å². The lowest BCUT2D eigenvalue weighted by Gasteiger charge is -2.42. The summed E-state index contributed by atoms with van der Waals surface area (Å²) >= 11 is 0. The molecule has 0 radical (unpaired) electrons. The molecule has 0 spiro atoms. The van der Waals surface area contributed by atoms with E-state index in [0.29, 0.717) is 25.1 Å². The predicted molar refractivity (Wildman–Crippen MR) is 141 cm³/mol. The van der Waals surface area contributed by atoms with Gasteiger partial charge in [-0.3, -0.25) is 4.79 Å². The van der Waals surface area contributed by atoms with Crippen LogP contribution in [0.4, 0.5) is 0 Å². The molecule has 1 atom stereocenters. The number of amides is 1. The molecule has 0 saturated carbocycles. The minimum atomic E-state index is -0.227. The van der Waals surface area contributed by atoms with Crippen molar-refractivity contribution >= 4 is 5.91 Å². The van der Waals surface area contributed by atoms with Gasteiger partial charge in [-0.15, -0.1) is 0 Å². The minimum absolute atomic E-state index is 0.124. The average molecular weight is 488 g/mol. The lowest BCUT2D eigenvalue weighted by atomic mass is 9.62. The molecule has 0 fully saturated rings. The monoisotopic (exact) mass is 487 g/mol. The molecule has 190 valence electrons. The van der Waals surface area contributed by atoms with Crippen LogP contribution in [0.1, 0.15) is 103 Å². The van der Waals surface area contributed by atoms with Gasteiger partial charge >= 0.3 is 0 Å². The van der Waals surface area contributed by atoms with Gasteiger partial charge in [-0.2, -0.15) is 0 Å². The molecule has 2 aromatic carbocycles. The molecule has 2 aliphatic rings. The van der Waals surface area contributed by atoms with Crippen molar-refractivity contribution in [2.75, 3.05) is 6.54 Å². The van der Waals surface area contributed by atoms with Gasteiger partial charge in [0.25, 0.3) is 5.91 Å². The molecule has 5 rings (SSSR count). The number of aryl methyl sites for hydroxylation is 1. The molecule has 1 aliphatic carbocycles. The molecule has 0 bridgehead atoms. The van der Waals surface area contributed by atoms with Crippen LogP contribution in [0.25, 0.3) is 0 Å². The number of nitrogens with zero attached hydrogens (tertiary/aromatic N) is 1. The van der Waals surface area contributed by atoms with Gasteiger partial charge in [-0.25, -0.2) is 0 Å². The molecule has 5 nitrogen and oxygen atoms in total. The van der Waals surface area contributed by atoms with Crippen LogP contribution in [-0.4, -0.2) is 27.6 Å². The third kappa shape index (κ3) is 4.08. The van der Waals surface area contributed by atoms with Crippen LogP contribution in [0.5, 0.6) is 11.5 Å². The van der Waals surface area contributed by atoms with E-state index in [4.69, 9.17) is 4.42 Å². The van der Waals surface area contributed by atoms with Crippen LogP contribution < -0.4 is 0 Å². The third-order valence-electron chi connectivity index (χ3n) is 8.58. The van der Waals surface area contributed by atoms with Gasteiger partial charge in [0.2, 0.25) is 0 Å². The van der Waals surface area contributed by atoms with Crippen molar-refractivity contribution in [2.45, 2.75) is 84.1 Å². The maximum absolute atomic E-state index is 13.4. The van der Waals surface area contributed by atoms with Crippen LogP contribution in [0.15, 0.2) is 40.8 Å². The Morgan fingerprint density at radius 3 is 2.33 bits per heavy atom. The van der Waals surface area contributed by atoms with Crippen molar-refractivity contribution in [1.82, 2.24) is 4.90 Å². The van der Waals surface area contributed by atoms with E-state index in [2.05, 4.69) is 46.8 Å². The molecule has 5 heteroatoms. The van der Waals surface area contributed by atoms with Crippen molar-refractivity contribution < 1.29 is 19.4 Å². The largest absolute Gasteiger partial charge is 0.504 e. The maximum Gasteiger partial charge on any atom is 0.290 e. The van der Waals surface area contributed by atoms with Crippen molar-refractivity contribution in [3.63, 3.8) is 0 Å². The summed E-state index contributed by atoms with van der Waals surface area (Å²) in [4.78, 5) is 15.1. The Bertz CT molecular complexity index is 1350. The summed E-state index contributed by atoms with van der Waals surface area (Å²) in [6.07, 6.45) is 3.63. The molecule has 1 aliphatic heterocycles. The van der Waals surface area contributed by atoms with Gasteiger partial charge in [-0.1, -0.05) is 39.8 Å². The van der Waals surface area contributed by atoms with Gasteiger partial charge in [0.05, 0.1) is 6.04 Å². The molecule has 0 saturated heterocycles. The number of hydrogen-bond donors (Lipinski definition) is 2. The van der Waals surface area contributed by atoms with Crippen LogP contribution >= 0.6 is 0 Å². The highest BCUT2D eigenvalue weighted by molar-refractivity contribution is 5.92. The van der Waals surface area contributed by atoms with E-state index in [-0.39, 0.29) is 34.3 Å². The molecule has 1 amide bonds. The van der Waals surface area contributed by atoms with Crippen LogP contribution in [0, 0.1) is 6.92 Å². The van der Waals surface area contributed by atoms with Crippen molar-refractivity contribution in [1.29, 1.82) is 0 Å². The SMILES string of the molecule is Cc1cc2c(cc1Cc1ccc(C(=O)N3CCc4cc(O)c(O)cc4C3C)o1)C(C)(C)CCC2(C)C. The van der Waals surface area contributed by atoms with Crippen molar-refractivity contribution in [3.05, 3.63) is 81.3 Å². The zero-order valence-electron chi connectivity index (χ0n) is 22.2. The molecular formula is C31H37NO4. The van der Waals surface area contributed by atoms with Crippen molar-refractivity contribution in [2.24, 2.45) is 0 Å². The molecule has 1 aromatic heterocycles. The van der Waals surface area contributed by atoms with E-state index >= 15 is 0 Å². The van der Waals surface area contributed by atoms with Gasteiger partial charge in [0, 0.05) is 13.0 Å². The first-order valence-corrected chi connectivity index (χ1v) is 13.0. The second-order valence-electron chi connectivity index (χ2n) is 12.0. The number of phenols is 2. The second kappa shape index (κ2) is 8.43. The number of rotatable bonds is 3. The average Bonchev–Trinajstić information content (AvgIpc) is 3.28. The number of hydrogen-bond acceptors (Lipinski definition) is 4. The Labute approximate surface area is 213 Å². The normalized spacial score (nSPS) is 20.1. The highest BCUT2D eigenvalue weighted by Crippen LogP contribution is 2.46. The Balaban J connectivity index is 1.39. The standard InChI is InChI=1S/C31H37NO4/c1-18-13-24-25(31(5,6)11-10-30(24,3)4)15-21(18)14-22-7-8-28(36-22)29(35)32-12-9-20-16-26(33)27(34)17-23(20)19(32)2/h7-8,13,15-17,19,33-34H,9-12,14H2,1-6H3. The smallest absolute Gasteiger partial charge is 0.290 e. The summed E-state index contributed by atoms with van der Waals surface area (Å²) in [5.41, 5.74) is 7.51. The number of carbonyl (C=O) groups excluding carboxylic acids is 1. The molecule has 2 heterocycles. The molecule has 3 aromatic rings. The Morgan fingerprint density at radius 2 is 1.64 bits per heavy atom. The van der Waals surface area contributed by atoms with E-state index in [1.54, 1.807) is 23.1 Å². The maximum atomic E-state index is 13.4. The highest BCUT2D eigenvalue weighted by Gasteiger charge is 2.37. The first-order valence-electron chi connectivity index (χ1n) is 13.0. The number of phenolic OH excluding ortho intramolecular Hbond substituents is 2. The fourth-order valence-electron chi connectivity index (χ4n) is 6.00. The van der Waals surface area contributed by atoms with Gasteiger partial charge < -0.3 is 19.5 Å². The predicted octanol–water partition coefficient (Wildman–Crippen LogP) is 6.70. The molecule has 1 unspecified atom stereocenters. The van der Waals surface area contributed by atoms with Crippen LogP contribution in [-0.2, 0) is 23.7 Å². The summed E-state index contributed by atoms with van der Waals surface area (Å²) in [6, 6.07) is 11.3. The Hall–Kier alpha value is -3.21. The fourth-order valence-corrected chi connectivity index (χ4v) is 6.00. The van der Waals surface area contributed by atoms with Gasteiger partial charge in [0.15, 0.2) is 17.3 Å². The molecular weight excluding hydrogens is 450 g/mol. The molecule has 36 heavy (non-hydrogen) atoms. The third-order valence-corrected chi connectivity index (χ3v) is 8.58. The molecule has 2 N–H and O–H groups in total. The summed E-state index contributed by atoms with van der Waals surface area (Å²) in [6.45, 7) is 14.0. The lowest BCUT2D eigenvalue weighted by molar-refractivity contribution is 0.0642. The number of furan rings is 1. The van der Waals surface area contributed by atoms with E-state index in [1.165, 1.54) is 35.1 Å². The lowest BCUT2D eigenvalue weighted by Crippen LogP contribution is -2.38. The van der Waals surface area contributed by atoms with E-state index < -0.39 is 0 Å². The Morgan fingerprint density at radius 1 is 1.00 bits per heavy atom. The summed E-state index contributed by atoms with van der Waals surface area (Å²) in [5.74, 6) is 0.669. The van der Waals surface area contributed by atoms with Gasteiger partial charge in [0.1, 0.15) is 5.76 Å². The first kappa shape index (κ1) is 24.5. The highest BCUT2D eigenvalue weighted by atomic mass is 16.4. The Kier molecular flexibility index (Phi) is 5.73. The number of fused-ring (bicyclic) bond motifs is 2. The summed E-state index contributed by atoms with van der Waals surface area (Å²) in [7, 11) is 0. The van der Waals surface area contributed by atoms with E-state index in [9.17, 15) is 15.0 Å². The zero-order valence-corrected chi connectivity index (χ0v) is 22.2. The first-order chi connectivity index (χ1) is 16.9. The van der Waals surface area contributed by atoms with E-state index in [0.717, 1.165) is 16.9 Å². The topological polar surface area (TPSA) is 73.9 Å². The fraction of sp³-hybridized carbons (Fsp3) is 0.452. The second-order valence-corrected chi connectivity index (χ2v) is 12.0. The number of aromatic hydroxyl groups is 2. The summed E-state index contributed by atoms with van der Waals surface area (Å²) in [5, 5.41) is 19.8. The van der Waals surface area contributed by atoms with E-state index in [1.807, 2.05) is 13.0 Å². The summed E-state index contributed by atoms with van der Waals surface area (Å²) < 4.78 is 6.09. The number of benzene rings is 2. The van der Waals surface area contributed by atoms with Crippen LogP contribution in [0.2, 0.25) is 0 Å². The quantitative estimate of drug-likeness (QED) is 0.403. The van der Waals surface area contributed by atoms with Gasteiger partial charge in [-0.05, 0) is 102 Å². The number of carbonyl (C=O) groups is 1. The zero-order chi connectivity index (χ0) is 26.0. The minimum Gasteiger partial charge on any atom is -0.504 e.